The van der Waals surface area contributed by atoms with Gasteiger partial charge in [0.15, 0.2) is 0 Å². The zero-order chi connectivity index (χ0) is 15.5. The summed E-state index contributed by atoms with van der Waals surface area (Å²) < 4.78 is 5.16. The van der Waals surface area contributed by atoms with Gasteiger partial charge in [0, 0.05) is 19.1 Å². The first kappa shape index (κ1) is 16.3. The van der Waals surface area contributed by atoms with Gasteiger partial charge in [0.25, 0.3) is 0 Å². The average Bonchev–Trinajstić information content (AvgIpc) is 2.23. The molecule has 2 atom stereocenters. The van der Waals surface area contributed by atoms with Crippen LogP contribution in [0.25, 0.3) is 0 Å². The zero-order valence-electron chi connectivity index (χ0n) is 12.8. The van der Waals surface area contributed by atoms with Gasteiger partial charge in [-0.05, 0) is 27.7 Å². The summed E-state index contributed by atoms with van der Waals surface area (Å²) in [5.41, 5.74) is -0.561. The van der Waals surface area contributed by atoms with E-state index in [1.807, 2.05) is 0 Å². The highest BCUT2D eigenvalue weighted by molar-refractivity contribution is 5.81. The van der Waals surface area contributed by atoms with E-state index in [9.17, 15) is 9.59 Å². The van der Waals surface area contributed by atoms with Crippen molar-refractivity contribution in [1.29, 1.82) is 5.26 Å². The quantitative estimate of drug-likeness (QED) is 0.850. The van der Waals surface area contributed by atoms with Crippen molar-refractivity contribution in [3.05, 3.63) is 0 Å². The molecule has 20 heavy (non-hydrogen) atoms. The number of nitrogens with one attached hydrogen (secondary N) is 1. The molecular formula is C14H23N3O3. The second-order valence-electron chi connectivity index (χ2n) is 6.29. The van der Waals surface area contributed by atoms with Gasteiger partial charge in [-0.25, -0.2) is 4.79 Å². The van der Waals surface area contributed by atoms with Gasteiger partial charge in [0.05, 0.1) is 17.9 Å². The van der Waals surface area contributed by atoms with E-state index in [-0.39, 0.29) is 23.8 Å². The molecule has 1 heterocycles. The summed E-state index contributed by atoms with van der Waals surface area (Å²) in [6, 6.07) is 1.81. The van der Waals surface area contributed by atoms with Crippen LogP contribution in [0.15, 0.2) is 0 Å². The van der Waals surface area contributed by atoms with Crippen molar-refractivity contribution >= 4 is 12.0 Å². The number of alkyl carbamates (subject to hydrolysis) is 1. The first-order valence-electron chi connectivity index (χ1n) is 6.82. The molecule has 2 amide bonds. The standard InChI is InChI=1S/C14H23N3O3/c1-9(12(18)17-7-11(6-15)8-17)10(2)16-13(19)20-14(3,4)5/h9-11H,7-8H2,1-5H3,(H,16,19). The van der Waals surface area contributed by atoms with Gasteiger partial charge in [-0.1, -0.05) is 6.92 Å². The van der Waals surface area contributed by atoms with Crippen molar-refractivity contribution in [2.24, 2.45) is 11.8 Å². The third-order valence-electron chi connectivity index (χ3n) is 3.26. The Bertz CT molecular complexity index is 416. The molecule has 1 rings (SSSR count). The monoisotopic (exact) mass is 281 g/mol. The van der Waals surface area contributed by atoms with Gasteiger partial charge in [-0.15, -0.1) is 0 Å². The molecule has 1 aliphatic heterocycles. The minimum absolute atomic E-state index is 0.0416. The van der Waals surface area contributed by atoms with E-state index in [1.165, 1.54) is 0 Å². The van der Waals surface area contributed by atoms with Crippen molar-refractivity contribution in [1.82, 2.24) is 10.2 Å². The first-order chi connectivity index (χ1) is 9.14. The minimum atomic E-state index is -0.561. The summed E-state index contributed by atoms with van der Waals surface area (Å²) in [6.45, 7) is 9.87. The summed E-state index contributed by atoms with van der Waals surface area (Å²) >= 11 is 0. The molecule has 0 aliphatic carbocycles. The van der Waals surface area contributed by atoms with Crippen molar-refractivity contribution in [3.63, 3.8) is 0 Å². The number of carbonyl (C=O) groups excluding carboxylic acids is 2. The molecule has 6 heteroatoms. The van der Waals surface area contributed by atoms with E-state index in [0.29, 0.717) is 13.1 Å². The fraction of sp³-hybridized carbons (Fsp3) is 0.786. The number of rotatable bonds is 3. The summed E-state index contributed by atoms with van der Waals surface area (Å²) in [7, 11) is 0. The van der Waals surface area contributed by atoms with E-state index in [4.69, 9.17) is 10.00 Å². The van der Waals surface area contributed by atoms with Gasteiger partial charge >= 0.3 is 6.09 Å². The second kappa shape index (κ2) is 6.12. The van der Waals surface area contributed by atoms with Gasteiger partial charge < -0.3 is 15.0 Å². The molecule has 0 aromatic heterocycles. The van der Waals surface area contributed by atoms with Crippen LogP contribution < -0.4 is 5.32 Å². The SMILES string of the molecule is CC(NC(=O)OC(C)(C)C)C(C)C(=O)N1CC(C#N)C1. The number of likely N-dealkylation sites (tertiary alicyclic amines) is 1. The number of ether oxygens (including phenoxy) is 1. The van der Waals surface area contributed by atoms with E-state index >= 15 is 0 Å². The fourth-order valence-corrected chi connectivity index (χ4v) is 1.86. The highest BCUT2D eigenvalue weighted by Gasteiger charge is 2.35. The molecule has 0 aromatic rings. The number of hydrogen-bond acceptors (Lipinski definition) is 4. The Morgan fingerprint density at radius 2 is 1.90 bits per heavy atom. The lowest BCUT2D eigenvalue weighted by Gasteiger charge is -2.38. The smallest absolute Gasteiger partial charge is 0.407 e. The molecule has 0 radical (unpaired) electrons. The van der Waals surface area contributed by atoms with Crippen LogP contribution in [-0.4, -0.2) is 41.6 Å². The number of nitriles is 1. The molecule has 0 spiro atoms. The van der Waals surface area contributed by atoms with Gasteiger partial charge in [-0.2, -0.15) is 5.26 Å². The average molecular weight is 281 g/mol. The molecule has 112 valence electrons. The maximum Gasteiger partial charge on any atom is 0.407 e. The van der Waals surface area contributed by atoms with Gasteiger partial charge in [-0.3, -0.25) is 4.79 Å². The normalized spacial score (nSPS) is 18.5. The number of hydrogen-bond donors (Lipinski definition) is 1. The third kappa shape index (κ3) is 4.41. The van der Waals surface area contributed by atoms with Crippen LogP contribution >= 0.6 is 0 Å². The number of carbonyl (C=O) groups is 2. The molecule has 1 fully saturated rings. The Morgan fingerprint density at radius 1 is 1.35 bits per heavy atom. The third-order valence-corrected chi connectivity index (χ3v) is 3.26. The Hall–Kier alpha value is -1.77. The summed E-state index contributed by atoms with van der Waals surface area (Å²) in [4.78, 5) is 25.4. The summed E-state index contributed by atoms with van der Waals surface area (Å²) in [5.74, 6) is -0.442. The Kier molecular flexibility index (Phi) is 4.98. The van der Waals surface area contributed by atoms with E-state index in [1.54, 1.807) is 39.5 Å². The Morgan fingerprint density at radius 3 is 2.35 bits per heavy atom. The molecule has 2 unspecified atom stereocenters. The zero-order valence-corrected chi connectivity index (χ0v) is 12.8. The van der Waals surface area contributed by atoms with Gasteiger partial charge in [0.1, 0.15) is 5.60 Å². The lowest BCUT2D eigenvalue weighted by molar-refractivity contribution is -0.140. The van der Waals surface area contributed by atoms with Crippen LogP contribution in [0.3, 0.4) is 0 Å². The summed E-state index contributed by atoms with van der Waals surface area (Å²) in [5, 5.41) is 11.4. The highest BCUT2D eigenvalue weighted by Crippen LogP contribution is 2.19. The molecule has 0 bridgehead atoms. The Balaban J connectivity index is 2.43. The van der Waals surface area contributed by atoms with Crippen LogP contribution in [0.2, 0.25) is 0 Å². The van der Waals surface area contributed by atoms with Crippen molar-refractivity contribution in [2.45, 2.75) is 46.3 Å². The topological polar surface area (TPSA) is 82.4 Å². The molecule has 1 aliphatic rings. The highest BCUT2D eigenvalue weighted by atomic mass is 16.6. The molecule has 0 saturated carbocycles. The lowest BCUT2D eigenvalue weighted by atomic mass is 9.96. The van der Waals surface area contributed by atoms with E-state index in [0.717, 1.165) is 0 Å². The predicted octanol–water partition coefficient (Wildman–Crippen LogP) is 1.52. The lowest BCUT2D eigenvalue weighted by Crippen LogP contribution is -2.54. The van der Waals surface area contributed by atoms with Crippen LogP contribution in [0.5, 0.6) is 0 Å². The van der Waals surface area contributed by atoms with Crippen LogP contribution in [0, 0.1) is 23.2 Å². The number of amides is 2. The number of nitrogens with zero attached hydrogens (tertiary/aromatic N) is 2. The first-order valence-corrected chi connectivity index (χ1v) is 6.82. The fourth-order valence-electron chi connectivity index (χ4n) is 1.86. The van der Waals surface area contributed by atoms with Crippen LogP contribution in [0.4, 0.5) is 4.79 Å². The van der Waals surface area contributed by atoms with Gasteiger partial charge in [0.2, 0.25) is 5.91 Å². The molecule has 6 nitrogen and oxygen atoms in total. The molecule has 1 N–H and O–H groups in total. The second-order valence-corrected chi connectivity index (χ2v) is 6.29. The molecular weight excluding hydrogens is 258 g/mol. The van der Waals surface area contributed by atoms with Crippen molar-refractivity contribution in [3.8, 4) is 6.07 Å². The molecule has 1 saturated heterocycles. The molecule has 0 aromatic carbocycles. The predicted molar refractivity (Wildman–Crippen MR) is 73.7 cm³/mol. The van der Waals surface area contributed by atoms with Crippen LogP contribution in [-0.2, 0) is 9.53 Å². The summed E-state index contributed by atoms with van der Waals surface area (Å²) in [6.07, 6.45) is -0.525. The van der Waals surface area contributed by atoms with Crippen molar-refractivity contribution in [2.75, 3.05) is 13.1 Å². The maximum atomic E-state index is 12.1. The Labute approximate surface area is 120 Å². The largest absolute Gasteiger partial charge is 0.444 e. The van der Waals surface area contributed by atoms with E-state index in [2.05, 4.69) is 11.4 Å². The van der Waals surface area contributed by atoms with Crippen molar-refractivity contribution < 1.29 is 14.3 Å². The van der Waals surface area contributed by atoms with E-state index < -0.39 is 11.7 Å². The van der Waals surface area contributed by atoms with Crippen LogP contribution in [0.1, 0.15) is 34.6 Å². The maximum absolute atomic E-state index is 12.1. The minimum Gasteiger partial charge on any atom is -0.444 e.